The van der Waals surface area contributed by atoms with Gasteiger partial charge in [0, 0.05) is 37.4 Å². The molecule has 0 fully saturated rings. The first-order valence-corrected chi connectivity index (χ1v) is 10.8. The lowest BCUT2D eigenvalue weighted by Crippen LogP contribution is -2.32. The first-order chi connectivity index (χ1) is 15.4. The summed E-state index contributed by atoms with van der Waals surface area (Å²) in [7, 11) is 0. The van der Waals surface area contributed by atoms with Crippen molar-refractivity contribution in [2.75, 3.05) is 11.9 Å². The van der Waals surface area contributed by atoms with Crippen LogP contribution in [0.15, 0.2) is 53.9 Å². The molecule has 4 rings (SSSR count). The lowest BCUT2D eigenvalue weighted by Gasteiger charge is -2.12. The Morgan fingerprint density at radius 3 is 2.28 bits per heavy atom. The lowest BCUT2D eigenvalue weighted by molar-refractivity contribution is -0.119. The molecule has 0 aliphatic carbocycles. The molecule has 2 heterocycles. The number of rotatable bonds is 7. The molecule has 1 aliphatic heterocycles. The van der Waals surface area contributed by atoms with E-state index in [4.69, 9.17) is 0 Å². The molecule has 9 heteroatoms. The molecule has 162 valence electrons. The van der Waals surface area contributed by atoms with Crippen LogP contribution in [0.4, 0.5) is 5.13 Å². The second-order valence-corrected chi connectivity index (χ2v) is 8.11. The highest BCUT2D eigenvalue weighted by Crippen LogP contribution is 2.26. The van der Waals surface area contributed by atoms with Gasteiger partial charge in [-0.3, -0.25) is 24.1 Å². The average Bonchev–Trinajstić information content (AvgIpc) is 3.34. The fourth-order valence-corrected chi connectivity index (χ4v) is 4.06. The van der Waals surface area contributed by atoms with Gasteiger partial charge in [0.1, 0.15) is 0 Å². The van der Waals surface area contributed by atoms with E-state index in [2.05, 4.69) is 15.6 Å². The molecular formula is C23H20N4O4S. The van der Waals surface area contributed by atoms with Crippen molar-refractivity contribution in [3.05, 3.63) is 70.6 Å². The predicted octanol–water partition coefficient (Wildman–Crippen LogP) is 3.07. The van der Waals surface area contributed by atoms with Crippen LogP contribution in [0.3, 0.4) is 0 Å². The Bertz CT molecular complexity index is 1170. The third-order valence-electron chi connectivity index (χ3n) is 4.98. The normalized spacial score (nSPS) is 12.6. The highest BCUT2D eigenvalue weighted by Gasteiger charge is 2.34. The molecule has 0 unspecified atom stereocenters. The fourth-order valence-electron chi connectivity index (χ4n) is 3.32. The van der Waals surface area contributed by atoms with Gasteiger partial charge in [-0.05, 0) is 17.7 Å². The zero-order valence-electron chi connectivity index (χ0n) is 17.3. The maximum Gasteiger partial charge on any atom is 0.261 e. The number of nitrogens with zero attached hydrogens (tertiary/aromatic N) is 2. The minimum absolute atomic E-state index is 0.00612. The second-order valence-electron chi connectivity index (χ2n) is 7.25. The molecule has 32 heavy (non-hydrogen) atoms. The number of hydrogen-bond donors (Lipinski definition) is 2. The van der Waals surface area contributed by atoms with E-state index < -0.39 is 0 Å². The Kier molecular flexibility index (Phi) is 6.09. The van der Waals surface area contributed by atoms with Gasteiger partial charge in [-0.15, -0.1) is 11.3 Å². The molecule has 1 aromatic heterocycles. The van der Waals surface area contributed by atoms with Crippen LogP contribution in [0, 0.1) is 0 Å². The number of carbonyl (C=O) groups is 4. The number of thiazole rings is 1. The molecule has 3 aromatic rings. The van der Waals surface area contributed by atoms with Crippen LogP contribution in [0.2, 0.25) is 0 Å². The summed E-state index contributed by atoms with van der Waals surface area (Å²) in [6, 6.07) is 14.3. The number of anilines is 1. The smallest absolute Gasteiger partial charge is 0.261 e. The number of benzene rings is 2. The third kappa shape index (κ3) is 4.57. The van der Waals surface area contributed by atoms with Crippen LogP contribution >= 0.6 is 11.3 Å². The van der Waals surface area contributed by atoms with Crippen LogP contribution in [-0.2, 0) is 16.1 Å². The van der Waals surface area contributed by atoms with Crippen molar-refractivity contribution in [2.24, 2.45) is 0 Å². The summed E-state index contributed by atoms with van der Waals surface area (Å²) in [6.45, 7) is 1.94. The molecule has 8 nitrogen and oxygen atoms in total. The maximum atomic E-state index is 12.4. The van der Waals surface area contributed by atoms with Crippen LogP contribution in [0.1, 0.15) is 39.6 Å². The SMILES string of the molecule is CC(=O)NCc1ccc(-c2csc(NC(=O)CCN3C(=O)c4ccccc4C3=O)n2)cc1. The molecule has 4 amide bonds. The van der Waals surface area contributed by atoms with Crippen molar-refractivity contribution in [3.8, 4) is 11.3 Å². The van der Waals surface area contributed by atoms with E-state index in [1.165, 1.54) is 18.3 Å². The quantitative estimate of drug-likeness (QED) is 0.540. The van der Waals surface area contributed by atoms with Crippen LogP contribution in [0.25, 0.3) is 11.3 Å². The van der Waals surface area contributed by atoms with Crippen LogP contribution in [0.5, 0.6) is 0 Å². The summed E-state index contributed by atoms with van der Waals surface area (Å²) in [5, 5.41) is 7.74. The van der Waals surface area contributed by atoms with Crippen molar-refractivity contribution in [1.82, 2.24) is 15.2 Å². The highest BCUT2D eigenvalue weighted by molar-refractivity contribution is 7.14. The van der Waals surface area contributed by atoms with Gasteiger partial charge in [-0.1, -0.05) is 36.4 Å². The van der Waals surface area contributed by atoms with Crippen molar-refractivity contribution in [1.29, 1.82) is 0 Å². The van der Waals surface area contributed by atoms with Crippen molar-refractivity contribution < 1.29 is 19.2 Å². The number of fused-ring (bicyclic) bond motifs is 1. The molecule has 0 saturated heterocycles. The molecular weight excluding hydrogens is 428 g/mol. The van der Waals surface area contributed by atoms with Gasteiger partial charge in [0.15, 0.2) is 5.13 Å². The largest absolute Gasteiger partial charge is 0.352 e. The molecule has 0 radical (unpaired) electrons. The van der Waals surface area contributed by atoms with E-state index in [1.807, 2.05) is 29.6 Å². The highest BCUT2D eigenvalue weighted by atomic mass is 32.1. The molecule has 2 aromatic carbocycles. The van der Waals surface area contributed by atoms with Gasteiger partial charge in [-0.25, -0.2) is 4.98 Å². The van der Waals surface area contributed by atoms with Crippen molar-refractivity contribution >= 4 is 40.1 Å². The van der Waals surface area contributed by atoms with Crippen LogP contribution < -0.4 is 10.6 Å². The number of hydrogen-bond acceptors (Lipinski definition) is 6. The van der Waals surface area contributed by atoms with Gasteiger partial charge in [0.05, 0.1) is 16.8 Å². The predicted molar refractivity (Wildman–Crippen MR) is 120 cm³/mol. The minimum Gasteiger partial charge on any atom is -0.352 e. The van der Waals surface area contributed by atoms with Gasteiger partial charge < -0.3 is 10.6 Å². The summed E-state index contributed by atoms with van der Waals surface area (Å²) in [5.41, 5.74) is 3.31. The Labute approximate surface area is 188 Å². The van der Waals surface area contributed by atoms with E-state index in [0.717, 1.165) is 21.7 Å². The van der Waals surface area contributed by atoms with E-state index in [0.29, 0.717) is 22.8 Å². The Morgan fingerprint density at radius 2 is 1.66 bits per heavy atom. The number of nitrogens with one attached hydrogen (secondary N) is 2. The average molecular weight is 449 g/mol. The lowest BCUT2D eigenvalue weighted by atomic mass is 10.1. The van der Waals surface area contributed by atoms with E-state index in [-0.39, 0.29) is 36.6 Å². The number of aromatic nitrogens is 1. The first-order valence-electron chi connectivity index (χ1n) is 9.97. The molecule has 0 atom stereocenters. The second kappa shape index (κ2) is 9.11. The first kappa shape index (κ1) is 21.4. The Morgan fingerprint density at radius 1 is 1.00 bits per heavy atom. The van der Waals surface area contributed by atoms with E-state index >= 15 is 0 Å². The van der Waals surface area contributed by atoms with Gasteiger partial charge in [-0.2, -0.15) is 0 Å². The van der Waals surface area contributed by atoms with Crippen LogP contribution in [-0.4, -0.2) is 40.1 Å². The van der Waals surface area contributed by atoms with Gasteiger partial charge in [0.25, 0.3) is 11.8 Å². The third-order valence-corrected chi connectivity index (χ3v) is 5.74. The standard InChI is InChI=1S/C23H20N4O4S/c1-14(28)24-12-15-6-8-16(9-7-15)19-13-32-23(25-19)26-20(29)10-11-27-21(30)17-4-2-3-5-18(17)22(27)31/h2-9,13H,10-12H2,1H3,(H,24,28)(H,25,26,29). The van der Waals surface area contributed by atoms with E-state index in [9.17, 15) is 19.2 Å². The number of amides is 4. The summed E-state index contributed by atoms with van der Waals surface area (Å²) in [4.78, 5) is 53.6. The molecule has 0 saturated carbocycles. The summed E-state index contributed by atoms with van der Waals surface area (Å²) in [6.07, 6.45) is -0.0156. The molecule has 0 spiro atoms. The number of carbonyl (C=O) groups excluding carboxylic acids is 4. The summed E-state index contributed by atoms with van der Waals surface area (Å²) < 4.78 is 0. The van der Waals surface area contributed by atoms with Crippen molar-refractivity contribution in [2.45, 2.75) is 19.9 Å². The number of imide groups is 1. The maximum absolute atomic E-state index is 12.4. The summed E-state index contributed by atoms with van der Waals surface area (Å²) in [5.74, 6) is -1.17. The minimum atomic E-state index is -0.378. The zero-order chi connectivity index (χ0) is 22.7. The zero-order valence-corrected chi connectivity index (χ0v) is 18.1. The van der Waals surface area contributed by atoms with Gasteiger partial charge in [0.2, 0.25) is 11.8 Å². The summed E-state index contributed by atoms with van der Waals surface area (Å²) >= 11 is 1.29. The molecule has 1 aliphatic rings. The topological polar surface area (TPSA) is 108 Å². The van der Waals surface area contributed by atoms with E-state index in [1.54, 1.807) is 24.3 Å². The monoisotopic (exact) mass is 448 g/mol. The molecule has 2 N–H and O–H groups in total. The van der Waals surface area contributed by atoms with Crippen molar-refractivity contribution in [3.63, 3.8) is 0 Å². The Balaban J connectivity index is 1.32. The molecule has 0 bridgehead atoms. The Hall–Kier alpha value is -3.85. The fraction of sp³-hybridized carbons (Fsp3) is 0.174. The van der Waals surface area contributed by atoms with Gasteiger partial charge >= 0.3 is 0 Å².